The maximum atomic E-state index is 11.5. The minimum absolute atomic E-state index is 0.363. The van der Waals surface area contributed by atoms with E-state index < -0.39 is 23.2 Å². The molecule has 0 aromatic heterocycles. The number of carboxylic acids is 1. The van der Waals surface area contributed by atoms with Crippen molar-refractivity contribution in [2.75, 3.05) is 13.1 Å². The van der Waals surface area contributed by atoms with Gasteiger partial charge in [0.15, 0.2) is 0 Å². The molecule has 108 valence electrons. The zero-order chi connectivity index (χ0) is 14.1. The molecule has 3 unspecified atom stereocenters. The lowest BCUT2D eigenvalue weighted by Crippen LogP contribution is -2.54. The van der Waals surface area contributed by atoms with Crippen LogP contribution in [0.5, 0.6) is 0 Å². The molecule has 0 saturated carbocycles. The molecule has 2 rings (SSSR count). The van der Waals surface area contributed by atoms with Gasteiger partial charge >= 0.3 is 5.97 Å². The zero-order valence-corrected chi connectivity index (χ0v) is 11.4. The Kier molecular flexibility index (Phi) is 4.20. The zero-order valence-electron chi connectivity index (χ0n) is 11.4. The average molecular weight is 270 g/mol. The third-order valence-electron chi connectivity index (χ3n) is 4.27. The summed E-state index contributed by atoms with van der Waals surface area (Å²) in [4.78, 5) is 11.5. The van der Waals surface area contributed by atoms with E-state index in [9.17, 15) is 14.9 Å². The van der Waals surface area contributed by atoms with Crippen LogP contribution < -0.4 is 11.1 Å². The van der Waals surface area contributed by atoms with Crippen LogP contribution in [0, 0.1) is 0 Å². The number of carboxylic acid groups (broad SMARTS) is 1. The quantitative estimate of drug-likeness (QED) is 0.510. The topological polar surface area (TPSA) is 105 Å². The van der Waals surface area contributed by atoms with Gasteiger partial charge < -0.3 is 25.9 Å². The molecule has 5 N–H and O–H groups in total. The first-order valence-corrected chi connectivity index (χ1v) is 6.97. The highest BCUT2D eigenvalue weighted by Gasteiger charge is 2.58. The van der Waals surface area contributed by atoms with Crippen LogP contribution in [0.1, 0.15) is 25.7 Å². The van der Waals surface area contributed by atoms with Gasteiger partial charge in [-0.3, -0.25) is 4.79 Å². The summed E-state index contributed by atoms with van der Waals surface area (Å²) in [6.45, 7) is 2.87. The molecule has 2 saturated heterocycles. The average Bonchev–Trinajstić information content (AvgIpc) is 2.86. The molecule has 0 bridgehead atoms. The largest absolute Gasteiger partial charge is 0.480 e. The van der Waals surface area contributed by atoms with Gasteiger partial charge in [0.25, 0.3) is 6.92 Å². The number of hydrogen-bond acceptors (Lipinski definition) is 5. The van der Waals surface area contributed by atoms with E-state index in [1.54, 1.807) is 6.82 Å². The van der Waals surface area contributed by atoms with Gasteiger partial charge in [0.05, 0.1) is 11.7 Å². The van der Waals surface area contributed by atoms with E-state index >= 15 is 0 Å². The van der Waals surface area contributed by atoms with Gasteiger partial charge in [-0.2, -0.15) is 0 Å². The SMILES string of the molecule is CB(O)CCCC1OC2(CCNC2)CC1(N)C(=O)O. The van der Waals surface area contributed by atoms with Gasteiger partial charge in [0, 0.05) is 13.0 Å². The normalized spacial score (nSPS) is 37.9. The molecular weight excluding hydrogens is 247 g/mol. The molecule has 0 aliphatic carbocycles. The monoisotopic (exact) mass is 270 g/mol. The second kappa shape index (κ2) is 5.40. The number of nitrogens with two attached hydrogens (primary N) is 1. The van der Waals surface area contributed by atoms with Crippen LogP contribution in [0.4, 0.5) is 0 Å². The van der Waals surface area contributed by atoms with E-state index in [0.717, 1.165) is 19.4 Å². The fourth-order valence-corrected chi connectivity index (χ4v) is 3.20. The molecule has 0 radical (unpaired) electrons. The summed E-state index contributed by atoms with van der Waals surface area (Å²) in [5.41, 5.74) is 4.39. The van der Waals surface area contributed by atoms with Crippen LogP contribution in [0.2, 0.25) is 13.1 Å². The highest BCUT2D eigenvalue weighted by molar-refractivity contribution is 6.48. The summed E-state index contributed by atoms with van der Waals surface area (Å²) < 4.78 is 6.02. The molecule has 6 nitrogen and oxygen atoms in total. The van der Waals surface area contributed by atoms with Crippen LogP contribution in [0.15, 0.2) is 0 Å². The maximum absolute atomic E-state index is 11.5. The molecule has 2 fully saturated rings. The van der Waals surface area contributed by atoms with Gasteiger partial charge in [-0.25, -0.2) is 0 Å². The van der Waals surface area contributed by atoms with Gasteiger partial charge in [0.1, 0.15) is 5.54 Å². The lowest BCUT2D eigenvalue weighted by molar-refractivity contribution is -0.145. The van der Waals surface area contributed by atoms with E-state index in [2.05, 4.69) is 5.32 Å². The Labute approximate surface area is 113 Å². The van der Waals surface area contributed by atoms with Crippen LogP contribution in [-0.4, -0.2) is 53.3 Å². The lowest BCUT2D eigenvalue weighted by atomic mass is 9.66. The number of ether oxygens (including phenoxy) is 1. The predicted molar refractivity (Wildman–Crippen MR) is 72.1 cm³/mol. The second-order valence-electron chi connectivity index (χ2n) is 6.02. The molecule has 3 atom stereocenters. The second-order valence-corrected chi connectivity index (χ2v) is 6.02. The molecule has 7 heteroatoms. The summed E-state index contributed by atoms with van der Waals surface area (Å²) in [5.74, 6) is -0.988. The highest BCUT2D eigenvalue weighted by atomic mass is 16.5. The van der Waals surface area contributed by atoms with Crippen LogP contribution >= 0.6 is 0 Å². The molecule has 0 aromatic carbocycles. The van der Waals surface area contributed by atoms with Crippen LogP contribution in [0.3, 0.4) is 0 Å². The first-order valence-electron chi connectivity index (χ1n) is 6.97. The summed E-state index contributed by atoms with van der Waals surface area (Å²) >= 11 is 0. The molecule has 0 amide bonds. The summed E-state index contributed by atoms with van der Waals surface area (Å²) in [6, 6.07) is 0. The molecule has 2 aliphatic heterocycles. The van der Waals surface area contributed by atoms with Gasteiger partial charge in [0.2, 0.25) is 0 Å². The van der Waals surface area contributed by atoms with E-state index in [-0.39, 0.29) is 6.92 Å². The number of aliphatic carboxylic acids is 1. The first-order chi connectivity index (χ1) is 8.88. The van der Waals surface area contributed by atoms with Crippen molar-refractivity contribution in [3.05, 3.63) is 0 Å². The number of carbonyl (C=O) groups is 1. The lowest BCUT2D eigenvalue weighted by Gasteiger charge is -2.25. The Morgan fingerprint density at radius 1 is 1.63 bits per heavy atom. The van der Waals surface area contributed by atoms with Crippen LogP contribution in [0.25, 0.3) is 0 Å². The smallest absolute Gasteiger partial charge is 0.326 e. The summed E-state index contributed by atoms with van der Waals surface area (Å²) in [5, 5.41) is 21.9. The fourth-order valence-electron chi connectivity index (χ4n) is 3.20. The molecule has 19 heavy (non-hydrogen) atoms. The Morgan fingerprint density at radius 3 is 2.89 bits per heavy atom. The summed E-state index contributed by atoms with van der Waals surface area (Å²) in [6.07, 6.45) is 2.64. The van der Waals surface area contributed by atoms with E-state index in [1.165, 1.54) is 0 Å². The van der Waals surface area contributed by atoms with Gasteiger partial charge in [-0.05, 0) is 25.7 Å². The summed E-state index contributed by atoms with van der Waals surface area (Å²) in [7, 11) is 0. The van der Waals surface area contributed by atoms with Gasteiger partial charge in [-0.1, -0.05) is 13.2 Å². The molecular formula is C12H23BN2O4. The molecule has 2 heterocycles. The van der Waals surface area contributed by atoms with Crippen molar-refractivity contribution in [1.82, 2.24) is 5.32 Å². The molecule has 0 aromatic rings. The standard InChI is InChI=1S/C12H23BN2O4/c1-13(18)5-2-3-9-12(14,10(16)17)7-11(19-9)4-6-15-8-11/h9,15,18H,2-8,14H2,1H3,(H,16,17). The van der Waals surface area contributed by atoms with Crippen molar-refractivity contribution in [2.24, 2.45) is 5.73 Å². The molecule has 2 aliphatic rings. The van der Waals surface area contributed by atoms with Crippen molar-refractivity contribution in [2.45, 2.75) is 56.1 Å². The number of rotatable bonds is 5. The number of hydrogen-bond donors (Lipinski definition) is 4. The fraction of sp³-hybridized carbons (Fsp3) is 0.917. The highest BCUT2D eigenvalue weighted by Crippen LogP contribution is 2.42. The van der Waals surface area contributed by atoms with Crippen molar-refractivity contribution < 1.29 is 19.7 Å². The molecule has 1 spiro atoms. The maximum Gasteiger partial charge on any atom is 0.326 e. The van der Waals surface area contributed by atoms with Crippen molar-refractivity contribution in [3.63, 3.8) is 0 Å². The van der Waals surface area contributed by atoms with E-state index in [0.29, 0.717) is 25.7 Å². The minimum Gasteiger partial charge on any atom is -0.480 e. The minimum atomic E-state index is -1.30. The van der Waals surface area contributed by atoms with Crippen LogP contribution in [-0.2, 0) is 9.53 Å². The van der Waals surface area contributed by atoms with Crippen molar-refractivity contribution in [3.8, 4) is 0 Å². The predicted octanol–water partition coefficient (Wildman–Crippen LogP) is -0.317. The van der Waals surface area contributed by atoms with E-state index in [4.69, 9.17) is 10.5 Å². The number of nitrogens with one attached hydrogen (secondary N) is 1. The Bertz CT molecular complexity index is 347. The Morgan fingerprint density at radius 2 is 2.37 bits per heavy atom. The Balaban J connectivity index is 2.04. The van der Waals surface area contributed by atoms with E-state index in [1.807, 2.05) is 0 Å². The Hall–Kier alpha value is -0.625. The van der Waals surface area contributed by atoms with Gasteiger partial charge in [-0.15, -0.1) is 0 Å². The third-order valence-corrected chi connectivity index (χ3v) is 4.27. The van der Waals surface area contributed by atoms with Crippen molar-refractivity contribution >= 4 is 12.9 Å². The van der Waals surface area contributed by atoms with Crippen molar-refractivity contribution in [1.29, 1.82) is 0 Å². The first kappa shape index (κ1) is 14.8. The third kappa shape index (κ3) is 2.94.